The number of hydrogen-bond donors (Lipinski definition) is 2. The van der Waals surface area contributed by atoms with Crippen LogP contribution in [0.2, 0.25) is 0 Å². The Morgan fingerprint density at radius 1 is 1.12 bits per heavy atom. The summed E-state index contributed by atoms with van der Waals surface area (Å²) in [5.41, 5.74) is 0.337. The van der Waals surface area contributed by atoms with E-state index in [0.29, 0.717) is 11.3 Å². The van der Waals surface area contributed by atoms with Gasteiger partial charge in [-0.15, -0.1) is 0 Å². The van der Waals surface area contributed by atoms with Crippen LogP contribution < -0.4 is 0 Å². The maximum atomic E-state index is 11.2. The number of hydrogen-bond acceptors (Lipinski definition) is 3. The minimum atomic E-state index is -0.815. The van der Waals surface area contributed by atoms with Gasteiger partial charge < -0.3 is 5.11 Å². The van der Waals surface area contributed by atoms with Gasteiger partial charge in [0.15, 0.2) is 0 Å². The van der Waals surface area contributed by atoms with Gasteiger partial charge in [0.1, 0.15) is 6.33 Å². The van der Waals surface area contributed by atoms with Gasteiger partial charge in [-0.05, 0) is 42.5 Å². The Labute approximate surface area is 149 Å². The third-order valence-corrected chi connectivity index (χ3v) is 5.16. The summed E-state index contributed by atoms with van der Waals surface area (Å²) in [6.07, 6.45) is 6.69. The maximum Gasteiger partial charge on any atom is 0.215 e. The quantitative estimate of drug-likeness (QED) is 0.545. The molecule has 1 atom stereocenters. The first-order chi connectivity index (χ1) is 11.3. The summed E-state index contributed by atoms with van der Waals surface area (Å²) in [6.45, 7) is 6.69. The Bertz CT molecular complexity index is 672. The SMILES string of the molecule is CC(C)(C)C(O)(CCCCCc1ccccc1)Cn1[nH]cnc1=S. The average Bonchev–Trinajstić information content (AvgIpc) is 2.92. The number of nitrogens with one attached hydrogen (secondary N) is 1. The number of nitrogens with zero attached hydrogens (tertiary/aromatic N) is 2. The highest BCUT2D eigenvalue weighted by molar-refractivity contribution is 7.71. The molecule has 2 N–H and O–H groups in total. The summed E-state index contributed by atoms with van der Waals surface area (Å²) < 4.78 is 2.24. The van der Waals surface area contributed by atoms with E-state index in [1.165, 1.54) is 5.56 Å². The number of H-pyrrole nitrogens is 1. The van der Waals surface area contributed by atoms with Gasteiger partial charge in [-0.25, -0.2) is 4.98 Å². The van der Waals surface area contributed by atoms with Crippen molar-refractivity contribution in [3.8, 4) is 0 Å². The van der Waals surface area contributed by atoms with E-state index < -0.39 is 5.60 Å². The van der Waals surface area contributed by atoms with E-state index in [-0.39, 0.29) is 5.41 Å². The molecule has 0 radical (unpaired) electrons. The number of aromatic nitrogens is 3. The summed E-state index contributed by atoms with van der Waals surface area (Å²) in [5, 5.41) is 14.2. The molecule has 0 amide bonds. The molecule has 4 nitrogen and oxygen atoms in total. The van der Waals surface area contributed by atoms with Gasteiger partial charge in [0.25, 0.3) is 0 Å². The minimum Gasteiger partial charge on any atom is -0.387 e. The number of rotatable bonds is 8. The topological polar surface area (TPSA) is 53.8 Å². The van der Waals surface area contributed by atoms with Crippen molar-refractivity contribution in [3.05, 3.63) is 47.0 Å². The van der Waals surface area contributed by atoms with Crippen LogP contribution >= 0.6 is 12.2 Å². The summed E-state index contributed by atoms with van der Waals surface area (Å²) in [6, 6.07) is 10.6. The molecule has 5 heteroatoms. The van der Waals surface area contributed by atoms with E-state index in [0.717, 1.165) is 32.1 Å². The van der Waals surface area contributed by atoms with Gasteiger partial charge in [0, 0.05) is 0 Å². The Balaban J connectivity index is 1.87. The molecule has 0 bridgehead atoms. The van der Waals surface area contributed by atoms with E-state index in [1.807, 2.05) is 6.07 Å². The van der Waals surface area contributed by atoms with E-state index in [4.69, 9.17) is 12.2 Å². The predicted molar refractivity (Wildman–Crippen MR) is 100 cm³/mol. The molecule has 0 aliphatic heterocycles. The fourth-order valence-corrected chi connectivity index (χ4v) is 3.08. The second-order valence-corrected chi connectivity index (χ2v) is 7.95. The summed E-state index contributed by atoms with van der Waals surface area (Å²) in [7, 11) is 0. The summed E-state index contributed by atoms with van der Waals surface area (Å²) in [4.78, 5) is 4.04. The summed E-state index contributed by atoms with van der Waals surface area (Å²) >= 11 is 5.19. The standard InChI is InChI=1S/C19H29N3OS/c1-18(2,3)19(23,14-22-17(24)20-15-21-22)13-9-5-8-12-16-10-6-4-7-11-16/h4,6-7,10-11,15,23H,5,8-9,12-14H2,1-3H3,(H,20,21,24). The van der Waals surface area contributed by atoms with Crippen molar-refractivity contribution in [3.63, 3.8) is 0 Å². The zero-order valence-corrected chi connectivity index (χ0v) is 15.8. The van der Waals surface area contributed by atoms with Crippen molar-refractivity contribution in [2.24, 2.45) is 5.41 Å². The monoisotopic (exact) mass is 347 g/mol. The molecule has 132 valence electrons. The molecule has 1 aromatic heterocycles. The number of benzene rings is 1. The molecule has 0 saturated carbocycles. The van der Waals surface area contributed by atoms with Crippen LogP contribution in [0.25, 0.3) is 0 Å². The second kappa shape index (κ2) is 8.08. The molecule has 0 spiro atoms. The van der Waals surface area contributed by atoms with Crippen molar-refractivity contribution in [2.45, 2.75) is 65.0 Å². The van der Waals surface area contributed by atoms with Gasteiger partial charge in [0.05, 0.1) is 12.1 Å². The molecule has 1 unspecified atom stereocenters. The van der Waals surface area contributed by atoms with Crippen molar-refractivity contribution in [1.82, 2.24) is 14.8 Å². The van der Waals surface area contributed by atoms with Crippen molar-refractivity contribution < 1.29 is 5.11 Å². The van der Waals surface area contributed by atoms with Crippen LogP contribution in [0.4, 0.5) is 0 Å². The Hall–Kier alpha value is -1.46. The first kappa shape index (κ1) is 18.9. The fraction of sp³-hybridized carbons (Fsp3) is 0.579. The van der Waals surface area contributed by atoms with Crippen LogP contribution in [-0.2, 0) is 13.0 Å². The molecule has 24 heavy (non-hydrogen) atoms. The number of aryl methyl sites for hydroxylation is 1. The molecule has 0 saturated heterocycles. The highest BCUT2D eigenvalue weighted by Gasteiger charge is 2.40. The molecule has 0 aliphatic rings. The maximum absolute atomic E-state index is 11.2. The Kier molecular flexibility index (Phi) is 6.35. The number of aromatic amines is 1. The predicted octanol–water partition coefficient (Wildman–Crippen LogP) is 4.52. The van der Waals surface area contributed by atoms with Crippen molar-refractivity contribution in [1.29, 1.82) is 0 Å². The third-order valence-electron chi connectivity index (χ3n) is 4.83. The van der Waals surface area contributed by atoms with E-state index >= 15 is 0 Å². The molecule has 2 rings (SSSR count). The molecule has 2 aromatic rings. The highest BCUT2D eigenvalue weighted by atomic mass is 32.1. The van der Waals surface area contributed by atoms with Crippen LogP contribution in [-0.4, -0.2) is 25.5 Å². The van der Waals surface area contributed by atoms with Crippen LogP contribution in [0.5, 0.6) is 0 Å². The van der Waals surface area contributed by atoms with Crippen molar-refractivity contribution >= 4 is 12.2 Å². The second-order valence-electron chi connectivity index (χ2n) is 7.58. The van der Waals surface area contributed by atoms with Crippen LogP contribution in [0.1, 0.15) is 52.0 Å². The molecule has 1 aromatic carbocycles. The van der Waals surface area contributed by atoms with Crippen molar-refractivity contribution in [2.75, 3.05) is 0 Å². The van der Waals surface area contributed by atoms with Crippen LogP contribution in [0.15, 0.2) is 36.7 Å². The minimum absolute atomic E-state index is 0.230. The zero-order valence-electron chi connectivity index (χ0n) is 15.0. The first-order valence-electron chi connectivity index (χ1n) is 8.68. The Morgan fingerprint density at radius 3 is 2.42 bits per heavy atom. The van der Waals surface area contributed by atoms with Gasteiger partial charge >= 0.3 is 0 Å². The molecular weight excluding hydrogens is 318 g/mol. The molecule has 1 heterocycles. The zero-order chi connectivity index (χ0) is 17.6. The lowest BCUT2D eigenvalue weighted by atomic mass is 9.73. The van der Waals surface area contributed by atoms with Gasteiger partial charge in [0.2, 0.25) is 4.77 Å². The van der Waals surface area contributed by atoms with E-state index in [2.05, 4.69) is 55.1 Å². The lowest BCUT2D eigenvalue weighted by molar-refractivity contribution is -0.0816. The normalized spacial score (nSPS) is 14.5. The van der Waals surface area contributed by atoms with Crippen LogP contribution in [0.3, 0.4) is 0 Å². The molecule has 0 aliphatic carbocycles. The summed E-state index contributed by atoms with van der Waals surface area (Å²) in [5.74, 6) is 0. The Morgan fingerprint density at radius 2 is 1.83 bits per heavy atom. The third kappa shape index (κ3) is 5.02. The van der Waals surface area contributed by atoms with Gasteiger partial charge in [-0.2, -0.15) is 0 Å². The fourth-order valence-electron chi connectivity index (χ4n) is 2.91. The van der Waals surface area contributed by atoms with E-state index in [9.17, 15) is 5.11 Å². The first-order valence-corrected chi connectivity index (χ1v) is 9.09. The smallest absolute Gasteiger partial charge is 0.215 e. The van der Waals surface area contributed by atoms with E-state index in [1.54, 1.807) is 11.0 Å². The van der Waals surface area contributed by atoms with Gasteiger partial charge in [-0.3, -0.25) is 9.78 Å². The number of aliphatic hydroxyl groups is 1. The largest absolute Gasteiger partial charge is 0.387 e. The average molecular weight is 348 g/mol. The van der Waals surface area contributed by atoms with Gasteiger partial charge in [-0.1, -0.05) is 63.9 Å². The van der Waals surface area contributed by atoms with Crippen LogP contribution in [0, 0.1) is 10.2 Å². The lowest BCUT2D eigenvalue weighted by Gasteiger charge is -2.40. The highest BCUT2D eigenvalue weighted by Crippen LogP contribution is 2.36. The number of unbranched alkanes of at least 4 members (excludes halogenated alkanes) is 2. The lowest BCUT2D eigenvalue weighted by Crippen LogP contribution is -2.46. The molecule has 0 fully saturated rings. The molecular formula is C19H29N3OS.